The fraction of sp³-hybridized carbons (Fsp3) is 0.615. The van der Waals surface area contributed by atoms with Gasteiger partial charge in [0.2, 0.25) is 5.91 Å². The molecule has 0 aromatic rings. The van der Waals surface area contributed by atoms with E-state index in [4.69, 9.17) is 15.2 Å². The van der Waals surface area contributed by atoms with Crippen LogP contribution in [-0.2, 0) is 14.3 Å². The van der Waals surface area contributed by atoms with Gasteiger partial charge in [-0.2, -0.15) is 0 Å². The van der Waals surface area contributed by atoms with Crippen LogP contribution in [0, 0.1) is 11.3 Å². The molecule has 0 bridgehead atoms. The fourth-order valence-corrected chi connectivity index (χ4v) is 2.66. The molecule has 3 rings (SSSR count). The van der Waals surface area contributed by atoms with Gasteiger partial charge in [-0.15, -0.1) is 0 Å². The summed E-state index contributed by atoms with van der Waals surface area (Å²) in [6.45, 7) is 0.980. The van der Waals surface area contributed by atoms with Gasteiger partial charge in [0.25, 0.3) is 0 Å². The van der Waals surface area contributed by atoms with Crippen molar-refractivity contribution in [1.29, 1.82) is 0 Å². The Hall–Kier alpha value is -1.13. The molecular weight excluding hydrogens is 218 g/mol. The number of carbonyl (C=O) groups excluding carboxylic acids is 1. The molecule has 3 aliphatic rings. The highest BCUT2D eigenvalue weighted by molar-refractivity contribution is 5.84. The molecule has 2 aliphatic carbocycles. The standard InChI is InChI=1S/C13H17NO3/c14-12(15)13-6-10(13)7-16-11(17-8-13)9-4-2-1-3-5-9/h1-2,4,10-11H,3,5-8H2,(H2,14,15). The molecule has 0 aromatic heterocycles. The van der Waals surface area contributed by atoms with Crippen LogP contribution in [-0.4, -0.2) is 25.4 Å². The lowest BCUT2D eigenvalue weighted by Crippen LogP contribution is -2.31. The molecule has 17 heavy (non-hydrogen) atoms. The van der Waals surface area contributed by atoms with Crippen LogP contribution in [0.25, 0.3) is 0 Å². The summed E-state index contributed by atoms with van der Waals surface area (Å²) in [5.74, 6) is 0.00834. The normalized spacial score (nSPS) is 40.1. The molecule has 4 nitrogen and oxygen atoms in total. The van der Waals surface area contributed by atoms with Crippen LogP contribution in [0.4, 0.5) is 0 Å². The lowest BCUT2D eigenvalue weighted by molar-refractivity contribution is -0.132. The number of rotatable bonds is 2. The van der Waals surface area contributed by atoms with Crippen LogP contribution in [0.15, 0.2) is 23.8 Å². The maximum absolute atomic E-state index is 11.4. The Bertz CT molecular complexity index is 401. The lowest BCUT2D eigenvalue weighted by atomic mass is 10.0. The molecule has 1 saturated carbocycles. The van der Waals surface area contributed by atoms with Gasteiger partial charge in [-0.1, -0.05) is 18.2 Å². The SMILES string of the molecule is NC(=O)C12COC(C3=CC=CCC3)OCC1C2. The average Bonchev–Trinajstić information content (AvgIpc) is 3.05. The largest absolute Gasteiger partial charge is 0.369 e. The monoisotopic (exact) mass is 235 g/mol. The summed E-state index contributed by atoms with van der Waals surface area (Å²) in [5, 5.41) is 0. The van der Waals surface area contributed by atoms with Gasteiger partial charge in [-0.3, -0.25) is 4.79 Å². The summed E-state index contributed by atoms with van der Waals surface area (Å²) in [6.07, 6.45) is 8.72. The number of fused-ring (bicyclic) bond motifs is 1. The lowest BCUT2D eigenvalue weighted by Gasteiger charge is -2.21. The third-order valence-corrected chi connectivity index (χ3v) is 4.01. The van der Waals surface area contributed by atoms with Crippen LogP contribution in [0.3, 0.4) is 0 Å². The highest BCUT2D eigenvalue weighted by Gasteiger charge is 2.60. The van der Waals surface area contributed by atoms with E-state index in [1.807, 2.05) is 12.2 Å². The van der Waals surface area contributed by atoms with E-state index in [9.17, 15) is 4.79 Å². The van der Waals surface area contributed by atoms with E-state index < -0.39 is 5.41 Å². The van der Waals surface area contributed by atoms with Gasteiger partial charge in [0, 0.05) is 5.92 Å². The van der Waals surface area contributed by atoms with Crippen molar-refractivity contribution in [2.45, 2.75) is 25.6 Å². The van der Waals surface area contributed by atoms with Gasteiger partial charge in [0.15, 0.2) is 6.29 Å². The van der Waals surface area contributed by atoms with E-state index in [0.29, 0.717) is 13.2 Å². The topological polar surface area (TPSA) is 61.6 Å². The first-order valence-electron chi connectivity index (χ1n) is 6.11. The predicted octanol–water partition coefficient (Wildman–Crippen LogP) is 1.13. The molecular formula is C13H17NO3. The Morgan fingerprint density at radius 3 is 3.06 bits per heavy atom. The summed E-state index contributed by atoms with van der Waals surface area (Å²) >= 11 is 0. The molecule has 1 aliphatic heterocycles. The van der Waals surface area contributed by atoms with Crippen LogP contribution >= 0.6 is 0 Å². The van der Waals surface area contributed by atoms with Crippen molar-refractivity contribution in [1.82, 2.24) is 0 Å². The fourth-order valence-electron chi connectivity index (χ4n) is 2.66. The zero-order chi connectivity index (χ0) is 11.9. The van der Waals surface area contributed by atoms with Crippen molar-refractivity contribution >= 4 is 5.91 Å². The maximum atomic E-state index is 11.4. The molecule has 1 heterocycles. The number of carbonyl (C=O) groups is 1. The number of hydrogen-bond donors (Lipinski definition) is 1. The van der Waals surface area contributed by atoms with Crippen LogP contribution in [0.2, 0.25) is 0 Å². The summed E-state index contributed by atoms with van der Waals surface area (Å²) in [6, 6.07) is 0. The van der Waals surface area contributed by atoms with Gasteiger partial charge >= 0.3 is 0 Å². The number of amides is 1. The third-order valence-electron chi connectivity index (χ3n) is 4.01. The van der Waals surface area contributed by atoms with Crippen molar-refractivity contribution in [2.75, 3.05) is 13.2 Å². The molecule has 1 amide bonds. The molecule has 0 radical (unpaired) electrons. The molecule has 4 heteroatoms. The second kappa shape index (κ2) is 3.96. The Morgan fingerprint density at radius 2 is 2.35 bits per heavy atom. The van der Waals surface area contributed by atoms with Crippen molar-refractivity contribution in [3.63, 3.8) is 0 Å². The van der Waals surface area contributed by atoms with E-state index in [2.05, 4.69) is 6.08 Å². The zero-order valence-electron chi connectivity index (χ0n) is 9.72. The minimum atomic E-state index is -0.445. The first kappa shape index (κ1) is 11.0. The van der Waals surface area contributed by atoms with Crippen molar-refractivity contribution in [3.8, 4) is 0 Å². The molecule has 2 N–H and O–H groups in total. The second-order valence-electron chi connectivity index (χ2n) is 5.11. The Balaban J connectivity index is 1.70. The highest BCUT2D eigenvalue weighted by Crippen LogP contribution is 2.54. The molecule has 0 spiro atoms. The van der Waals surface area contributed by atoms with Gasteiger partial charge in [0.1, 0.15) is 0 Å². The maximum Gasteiger partial charge on any atom is 0.226 e. The first-order chi connectivity index (χ1) is 8.22. The smallest absolute Gasteiger partial charge is 0.226 e. The number of hydrogen-bond acceptors (Lipinski definition) is 3. The Labute approximate surface area is 100 Å². The van der Waals surface area contributed by atoms with Crippen molar-refractivity contribution < 1.29 is 14.3 Å². The van der Waals surface area contributed by atoms with Crippen molar-refractivity contribution in [2.24, 2.45) is 17.1 Å². The van der Waals surface area contributed by atoms with E-state index in [-0.39, 0.29) is 18.1 Å². The minimum Gasteiger partial charge on any atom is -0.369 e. The van der Waals surface area contributed by atoms with Crippen LogP contribution in [0.5, 0.6) is 0 Å². The van der Waals surface area contributed by atoms with Crippen LogP contribution < -0.4 is 5.73 Å². The Morgan fingerprint density at radius 1 is 1.47 bits per heavy atom. The summed E-state index contributed by atoms with van der Waals surface area (Å²) in [7, 11) is 0. The second-order valence-corrected chi connectivity index (χ2v) is 5.11. The van der Waals surface area contributed by atoms with Crippen molar-refractivity contribution in [3.05, 3.63) is 23.8 Å². The quantitative estimate of drug-likeness (QED) is 0.780. The molecule has 1 saturated heterocycles. The average molecular weight is 235 g/mol. The molecule has 3 unspecified atom stereocenters. The predicted molar refractivity (Wildman–Crippen MR) is 61.9 cm³/mol. The number of allylic oxidation sites excluding steroid dienone is 3. The molecule has 0 aromatic carbocycles. The third kappa shape index (κ3) is 1.81. The molecule has 3 atom stereocenters. The summed E-state index contributed by atoms with van der Waals surface area (Å²) in [4.78, 5) is 11.4. The van der Waals surface area contributed by atoms with Gasteiger partial charge in [-0.05, 0) is 24.8 Å². The Kier molecular flexibility index (Phi) is 2.56. The van der Waals surface area contributed by atoms with E-state index in [0.717, 1.165) is 24.8 Å². The summed E-state index contributed by atoms with van der Waals surface area (Å²) < 4.78 is 11.5. The van der Waals surface area contributed by atoms with Gasteiger partial charge in [-0.25, -0.2) is 0 Å². The minimum absolute atomic E-state index is 0.246. The molecule has 92 valence electrons. The van der Waals surface area contributed by atoms with E-state index in [1.54, 1.807) is 0 Å². The molecule has 2 fully saturated rings. The number of nitrogens with two attached hydrogens (primary N) is 1. The van der Waals surface area contributed by atoms with E-state index >= 15 is 0 Å². The summed E-state index contributed by atoms with van der Waals surface area (Å²) in [5.41, 5.74) is 6.15. The highest BCUT2D eigenvalue weighted by atomic mass is 16.7. The van der Waals surface area contributed by atoms with Gasteiger partial charge in [0.05, 0.1) is 18.6 Å². The van der Waals surface area contributed by atoms with Crippen LogP contribution in [0.1, 0.15) is 19.3 Å². The van der Waals surface area contributed by atoms with Gasteiger partial charge < -0.3 is 15.2 Å². The number of primary amides is 1. The zero-order valence-corrected chi connectivity index (χ0v) is 9.72. The first-order valence-corrected chi connectivity index (χ1v) is 6.11. The van der Waals surface area contributed by atoms with E-state index in [1.165, 1.54) is 0 Å². The number of ether oxygens (including phenoxy) is 2.